The van der Waals surface area contributed by atoms with E-state index in [0.29, 0.717) is 5.92 Å². The van der Waals surface area contributed by atoms with Gasteiger partial charge in [0.05, 0.1) is 5.41 Å². The lowest BCUT2D eigenvalue weighted by Gasteiger charge is -2.43. The van der Waals surface area contributed by atoms with Gasteiger partial charge in [-0.15, -0.1) is 0 Å². The standard InChI is InChI=1S/C49H37O2P/c50-52(38-18-3-1-4-19-38,39-20-5-2-6-21-39)40-22-14-17-36(32-40)34-15-13-16-35(31-34)37-29-30-46-48(33-37)51-47-28-12-11-27-45(47)49(46)43-25-9-7-23-41(43)42-24-8-10-26-44(42)49/h1,3-5,7-33,41,43H,2,6H2. The van der Waals surface area contributed by atoms with Crippen LogP contribution in [0.15, 0.2) is 193 Å². The van der Waals surface area contributed by atoms with Crippen LogP contribution in [0.2, 0.25) is 0 Å². The van der Waals surface area contributed by atoms with Gasteiger partial charge in [0, 0.05) is 38.9 Å². The number of rotatable bonds is 5. The van der Waals surface area contributed by atoms with Crippen LogP contribution >= 0.6 is 7.14 Å². The molecule has 1 heterocycles. The molecule has 0 aromatic heterocycles. The zero-order chi connectivity index (χ0) is 34.7. The molecule has 1 spiro atoms. The van der Waals surface area contributed by atoms with Crippen LogP contribution in [0.25, 0.3) is 22.3 Å². The molecular formula is C49H37O2P. The van der Waals surface area contributed by atoms with E-state index < -0.39 is 7.14 Å². The molecule has 0 bridgehead atoms. The molecule has 2 nitrogen and oxygen atoms in total. The predicted molar refractivity (Wildman–Crippen MR) is 214 cm³/mol. The van der Waals surface area contributed by atoms with Crippen LogP contribution in [0.3, 0.4) is 0 Å². The molecule has 10 rings (SSSR count). The molecule has 250 valence electrons. The average molecular weight is 689 g/mol. The summed E-state index contributed by atoms with van der Waals surface area (Å²) in [5.74, 6) is 2.36. The van der Waals surface area contributed by atoms with Crippen molar-refractivity contribution < 1.29 is 9.30 Å². The minimum absolute atomic E-state index is 0.242. The van der Waals surface area contributed by atoms with Gasteiger partial charge >= 0.3 is 0 Å². The molecule has 4 aliphatic rings. The Labute approximate surface area is 305 Å². The number of ether oxygens (including phenoxy) is 1. The van der Waals surface area contributed by atoms with Crippen molar-refractivity contribution in [2.75, 3.05) is 0 Å². The number of hydrogen-bond acceptors (Lipinski definition) is 2. The van der Waals surface area contributed by atoms with Crippen LogP contribution in [-0.2, 0) is 9.98 Å². The Hall–Kier alpha value is -5.69. The summed E-state index contributed by atoms with van der Waals surface area (Å²) >= 11 is 0. The number of hydrogen-bond donors (Lipinski definition) is 0. The second kappa shape index (κ2) is 12.2. The summed E-state index contributed by atoms with van der Waals surface area (Å²) in [6.45, 7) is 0. The van der Waals surface area contributed by atoms with Gasteiger partial charge in [-0.25, -0.2) is 0 Å². The first-order chi connectivity index (χ1) is 25.7. The van der Waals surface area contributed by atoms with Gasteiger partial charge in [-0.05, 0) is 70.5 Å². The molecule has 0 amide bonds. The average Bonchev–Trinajstić information content (AvgIpc) is 3.52. The minimum atomic E-state index is -3.06. The zero-order valence-corrected chi connectivity index (χ0v) is 29.6. The van der Waals surface area contributed by atoms with E-state index in [2.05, 4.69) is 146 Å². The maximum atomic E-state index is 15.2. The number of fused-ring (bicyclic) bond motifs is 9. The van der Waals surface area contributed by atoms with Gasteiger partial charge in [0.25, 0.3) is 0 Å². The normalized spacial score (nSPS) is 21.7. The van der Waals surface area contributed by atoms with Gasteiger partial charge in [0.2, 0.25) is 0 Å². The molecule has 0 saturated carbocycles. The fraction of sp³-hybridized carbons (Fsp3) is 0.102. The summed E-state index contributed by atoms with van der Waals surface area (Å²) in [5, 5.41) is 2.63. The lowest BCUT2D eigenvalue weighted by molar-refractivity contribution is 0.374. The second-order valence-electron chi connectivity index (χ2n) is 14.2. The highest BCUT2D eigenvalue weighted by molar-refractivity contribution is 7.82. The molecule has 52 heavy (non-hydrogen) atoms. The third-order valence-electron chi connectivity index (χ3n) is 11.5. The maximum absolute atomic E-state index is 15.2. The molecule has 4 atom stereocenters. The maximum Gasteiger partial charge on any atom is 0.170 e. The monoisotopic (exact) mass is 688 g/mol. The molecule has 6 aromatic rings. The summed E-state index contributed by atoms with van der Waals surface area (Å²) in [6, 6.07) is 51.3. The third-order valence-corrected chi connectivity index (χ3v) is 14.6. The van der Waals surface area contributed by atoms with E-state index in [9.17, 15) is 0 Å². The Bertz CT molecular complexity index is 2550. The quantitative estimate of drug-likeness (QED) is 0.169. The number of para-hydroxylation sites is 1. The van der Waals surface area contributed by atoms with Crippen molar-refractivity contribution in [2.45, 2.75) is 24.2 Å². The van der Waals surface area contributed by atoms with E-state index in [-0.39, 0.29) is 11.3 Å². The molecule has 0 saturated heterocycles. The van der Waals surface area contributed by atoms with Gasteiger partial charge in [-0.3, -0.25) is 0 Å². The second-order valence-corrected chi connectivity index (χ2v) is 17.0. The van der Waals surface area contributed by atoms with Gasteiger partial charge in [-0.1, -0.05) is 164 Å². The first-order valence-electron chi connectivity index (χ1n) is 18.3. The smallest absolute Gasteiger partial charge is 0.170 e. The fourth-order valence-electron chi connectivity index (χ4n) is 9.23. The van der Waals surface area contributed by atoms with Crippen molar-refractivity contribution in [3.05, 3.63) is 216 Å². The van der Waals surface area contributed by atoms with Crippen molar-refractivity contribution >= 4 is 17.8 Å². The lowest BCUT2D eigenvalue weighted by atomic mass is 9.62. The van der Waals surface area contributed by atoms with E-state index >= 15 is 4.57 Å². The lowest BCUT2D eigenvalue weighted by Crippen LogP contribution is -2.37. The summed E-state index contributed by atoms with van der Waals surface area (Å²) in [4.78, 5) is 0. The van der Waals surface area contributed by atoms with E-state index in [0.717, 1.165) is 62.5 Å². The highest BCUT2D eigenvalue weighted by Gasteiger charge is 2.56. The van der Waals surface area contributed by atoms with Crippen LogP contribution in [0.1, 0.15) is 41.0 Å². The molecule has 0 N–H and O–H groups in total. The van der Waals surface area contributed by atoms with Crippen molar-refractivity contribution in [1.29, 1.82) is 0 Å². The number of benzene rings is 6. The Morgan fingerprint density at radius 2 is 1.23 bits per heavy atom. The molecule has 3 aliphatic carbocycles. The van der Waals surface area contributed by atoms with Crippen LogP contribution in [0.4, 0.5) is 0 Å². The van der Waals surface area contributed by atoms with Gasteiger partial charge in [0.15, 0.2) is 7.14 Å². The molecular weight excluding hydrogens is 652 g/mol. The van der Waals surface area contributed by atoms with Crippen molar-refractivity contribution in [3.8, 4) is 33.8 Å². The van der Waals surface area contributed by atoms with E-state index in [1.807, 2.05) is 42.5 Å². The van der Waals surface area contributed by atoms with Crippen LogP contribution in [0, 0.1) is 5.92 Å². The summed E-state index contributed by atoms with van der Waals surface area (Å²) < 4.78 is 22.0. The van der Waals surface area contributed by atoms with Gasteiger partial charge in [-0.2, -0.15) is 0 Å². The highest BCUT2D eigenvalue weighted by atomic mass is 31.2. The predicted octanol–water partition coefficient (Wildman–Crippen LogP) is 11.8. The van der Waals surface area contributed by atoms with Gasteiger partial charge < -0.3 is 9.30 Å². The topological polar surface area (TPSA) is 26.3 Å². The SMILES string of the molecule is O=P(C1=CCCC=C1)(c1ccccc1)c1cccc(-c2cccc(-c3ccc4c(c3)Oc3ccccc3C43c4ccccc4C4C=CC=CC43)c2)c1. The Morgan fingerprint density at radius 3 is 2.06 bits per heavy atom. The fourth-order valence-corrected chi connectivity index (χ4v) is 12.0. The first-order valence-corrected chi connectivity index (χ1v) is 20.0. The molecule has 3 heteroatoms. The first kappa shape index (κ1) is 31.1. The van der Waals surface area contributed by atoms with Crippen molar-refractivity contribution in [3.63, 3.8) is 0 Å². The third kappa shape index (κ3) is 4.61. The minimum Gasteiger partial charge on any atom is -0.457 e. The van der Waals surface area contributed by atoms with Crippen LogP contribution < -0.4 is 15.3 Å². The molecule has 4 unspecified atom stereocenters. The summed E-state index contributed by atoms with van der Waals surface area (Å²) in [5.41, 5.74) is 9.16. The molecule has 6 aromatic carbocycles. The molecule has 1 aliphatic heterocycles. The molecule has 0 fully saturated rings. The van der Waals surface area contributed by atoms with Crippen molar-refractivity contribution in [1.82, 2.24) is 0 Å². The van der Waals surface area contributed by atoms with E-state index in [4.69, 9.17) is 4.74 Å². The van der Waals surface area contributed by atoms with Gasteiger partial charge in [0.1, 0.15) is 11.5 Å². The van der Waals surface area contributed by atoms with Crippen LogP contribution in [-0.4, -0.2) is 0 Å². The Morgan fingerprint density at radius 1 is 0.558 bits per heavy atom. The number of allylic oxidation sites excluding steroid dienone is 8. The summed E-state index contributed by atoms with van der Waals surface area (Å²) in [7, 11) is -3.06. The van der Waals surface area contributed by atoms with Crippen molar-refractivity contribution in [2.24, 2.45) is 5.92 Å². The molecule has 0 radical (unpaired) electrons. The zero-order valence-electron chi connectivity index (χ0n) is 28.7. The van der Waals surface area contributed by atoms with E-state index in [1.165, 1.54) is 22.3 Å². The summed E-state index contributed by atoms with van der Waals surface area (Å²) in [6.07, 6.45) is 17.4. The highest BCUT2D eigenvalue weighted by Crippen LogP contribution is 2.64. The Kier molecular flexibility index (Phi) is 7.31. The Balaban J connectivity index is 1.08. The van der Waals surface area contributed by atoms with E-state index in [1.54, 1.807) is 0 Å². The largest absolute Gasteiger partial charge is 0.457 e. The van der Waals surface area contributed by atoms with Crippen LogP contribution in [0.5, 0.6) is 11.5 Å².